The van der Waals surface area contributed by atoms with Gasteiger partial charge in [0.05, 0.1) is 37.0 Å². The van der Waals surface area contributed by atoms with Gasteiger partial charge in [0, 0.05) is 22.7 Å². The molecular weight excluding hydrogens is 494 g/mol. The van der Waals surface area contributed by atoms with Gasteiger partial charge in [0.2, 0.25) is 5.91 Å². The second-order valence-electron chi connectivity index (χ2n) is 9.18. The number of rotatable bonds is 10. The van der Waals surface area contributed by atoms with Crippen molar-refractivity contribution in [3.8, 4) is 28.1 Å². The molecule has 4 N–H and O–H groups in total. The molecule has 0 aliphatic rings. The molecule has 0 aliphatic carbocycles. The highest BCUT2D eigenvalue weighted by Crippen LogP contribution is 2.38. The Labute approximate surface area is 224 Å². The second-order valence-corrected chi connectivity index (χ2v) is 9.18. The van der Waals surface area contributed by atoms with Crippen LogP contribution < -0.4 is 5.32 Å². The number of carboxylic acid groups (broad SMARTS) is 1. The highest BCUT2D eigenvalue weighted by Gasteiger charge is 2.20. The van der Waals surface area contributed by atoms with Gasteiger partial charge in [-0.15, -0.1) is 0 Å². The number of pyridine rings is 1. The topological polar surface area (TPSA) is 125 Å². The van der Waals surface area contributed by atoms with Gasteiger partial charge < -0.3 is 25.3 Å². The number of phenols is 1. The quantitative estimate of drug-likeness (QED) is 0.207. The van der Waals surface area contributed by atoms with Crippen molar-refractivity contribution < 1.29 is 24.5 Å². The molecule has 2 heterocycles. The number of hydrogen-bond donors (Lipinski definition) is 4. The van der Waals surface area contributed by atoms with Crippen LogP contribution in [0.15, 0.2) is 97.3 Å². The Morgan fingerprint density at radius 3 is 2.44 bits per heavy atom. The van der Waals surface area contributed by atoms with Crippen LogP contribution in [0.5, 0.6) is 5.75 Å². The summed E-state index contributed by atoms with van der Waals surface area (Å²) in [4.78, 5) is 31.6. The van der Waals surface area contributed by atoms with E-state index in [0.29, 0.717) is 16.7 Å². The van der Waals surface area contributed by atoms with Gasteiger partial charge in [-0.3, -0.25) is 9.78 Å². The maximum absolute atomic E-state index is 12.6. The highest BCUT2D eigenvalue weighted by molar-refractivity contribution is 5.89. The Bertz CT molecular complexity index is 1560. The van der Waals surface area contributed by atoms with Crippen molar-refractivity contribution in [1.82, 2.24) is 15.3 Å². The van der Waals surface area contributed by atoms with Crippen LogP contribution in [0.2, 0.25) is 0 Å². The zero-order valence-corrected chi connectivity index (χ0v) is 21.0. The maximum atomic E-state index is 12.6. The van der Waals surface area contributed by atoms with E-state index in [0.717, 1.165) is 27.7 Å². The first-order valence-electron chi connectivity index (χ1n) is 12.5. The average Bonchev–Trinajstić information content (AvgIpc) is 3.38. The molecule has 5 aromatic rings. The lowest BCUT2D eigenvalue weighted by molar-refractivity contribution is -0.143. The molecule has 1 unspecified atom stereocenters. The predicted octanol–water partition coefficient (Wildman–Crippen LogP) is 4.93. The summed E-state index contributed by atoms with van der Waals surface area (Å²) in [7, 11) is 0. The van der Waals surface area contributed by atoms with E-state index in [2.05, 4.69) is 15.3 Å². The largest absolute Gasteiger partial charge is 0.507 e. The summed E-state index contributed by atoms with van der Waals surface area (Å²) < 4.78 is 5.50. The van der Waals surface area contributed by atoms with Crippen molar-refractivity contribution in [3.05, 3.63) is 108 Å². The van der Waals surface area contributed by atoms with E-state index in [9.17, 15) is 19.8 Å². The third-order valence-electron chi connectivity index (χ3n) is 6.41. The summed E-state index contributed by atoms with van der Waals surface area (Å²) in [5.74, 6) is -1.44. The predicted molar refractivity (Wildman–Crippen MR) is 148 cm³/mol. The van der Waals surface area contributed by atoms with Crippen LogP contribution in [0, 0.1) is 0 Å². The summed E-state index contributed by atoms with van der Waals surface area (Å²) in [6.45, 7) is 0.116. The van der Waals surface area contributed by atoms with Gasteiger partial charge in [0.25, 0.3) is 0 Å². The zero-order valence-electron chi connectivity index (χ0n) is 21.0. The molecule has 0 saturated heterocycles. The SMILES string of the molecule is O=C(Cc1ccc(-c2cccc(-c3cc4ccncc4[nH]3)c2O)cc1)NC(COCc1ccccc1)C(=O)O. The fourth-order valence-corrected chi connectivity index (χ4v) is 4.39. The monoisotopic (exact) mass is 521 g/mol. The molecule has 0 aliphatic heterocycles. The van der Waals surface area contributed by atoms with E-state index in [1.54, 1.807) is 24.5 Å². The second kappa shape index (κ2) is 11.6. The van der Waals surface area contributed by atoms with Gasteiger partial charge in [0.15, 0.2) is 6.04 Å². The number of nitrogens with one attached hydrogen (secondary N) is 2. The van der Waals surface area contributed by atoms with Crippen molar-refractivity contribution in [2.75, 3.05) is 6.61 Å². The molecule has 0 spiro atoms. The molecule has 2 aromatic heterocycles. The number of aromatic amines is 1. The minimum absolute atomic E-state index is 0.0118. The van der Waals surface area contributed by atoms with Crippen LogP contribution in [-0.2, 0) is 27.4 Å². The van der Waals surface area contributed by atoms with E-state index in [4.69, 9.17) is 4.74 Å². The number of ether oxygens (including phenoxy) is 1. The molecule has 1 amide bonds. The molecule has 8 heteroatoms. The molecule has 0 saturated carbocycles. The fraction of sp³-hybridized carbons (Fsp3) is 0.129. The first-order valence-corrected chi connectivity index (χ1v) is 12.5. The molecule has 0 bridgehead atoms. The molecule has 1 atom stereocenters. The number of aliphatic carboxylic acids is 1. The summed E-state index contributed by atoms with van der Waals surface area (Å²) in [5.41, 5.74) is 5.41. The lowest BCUT2D eigenvalue weighted by atomic mass is 9.98. The third kappa shape index (κ3) is 6.14. The van der Waals surface area contributed by atoms with E-state index in [1.807, 2.05) is 72.8 Å². The first-order chi connectivity index (χ1) is 19.0. The Balaban J connectivity index is 1.23. The number of amides is 1. The van der Waals surface area contributed by atoms with Gasteiger partial charge in [-0.05, 0) is 34.9 Å². The minimum atomic E-state index is -1.16. The number of H-pyrrole nitrogens is 1. The number of carbonyl (C=O) groups excluding carboxylic acids is 1. The van der Waals surface area contributed by atoms with E-state index >= 15 is 0 Å². The van der Waals surface area contributed by atoms with Crippen LogP contribution in [-0.4, -0.2) is 44.7 Å². The van der Waals surface area contributed by atoms with Gasteiger partial charge in [0.1, 0.15) is 5.75 Å². The Morgan fingerprint density at radius 2 is 1.69 bits per heavy atom. The van der Waals surface area contributed by atoms with Crippen molar-refractivity contribution in [1.29, 1.82) is 0 Å². The van der Waals surface area contributed by atoms with Gasteiger partial charge in [-0.25, -0.2) is 4.79 Å². The number of carbonyl (C=O) groups is 2. The van der Waals surface area contributed by atoms with Crippen molar-refractivity contribution in [2.24, 2.45) is 0 Å². The molecule has 196 valence electrons. The third-order valence-corrected chi connectivity index (χ3v) is 6.41. The minimum Gasteiger partial charge on any atom is -0.507 e. The first kappa shape index (κ1) is 25.7. The number of hydrogen-bond acceptors (Lipinski definition) is 5. The lowest BCUT2D eigenvalue weighted by Gasteiger charge is -2.15. The number of aromatic nitrogens is 2. The number of benzene rings is 3. The highest BCUT2D eigenvalue weighted by atomic mass is 16.5. The number of carboxylic acids is 1. The molecule has 3 aromatic carbocycles. The van der Waals surface area contributed by atoms with E-state index < -0.39 is 17.9 Å². The molecule has 8 nitrogen and oxygen atoms in total. The van der Waals surface area contributed by atoms with Crippen LogP contribution in [0.25, 0.3) is 33.3 Å². The maximum Gasteiger partial charge on any atom is 0.328 e. The fourth-order valence-electron chi connectivity index (χ4n) is 4.39. The molecular formula is C31H27N3O5. The van der Waals surface area contributed by atoms with Crippen LogP contribution >= 0.6 is 0 Å². The van der Waals surface area contributed by atoms with Crippen molar-refractivity contribution in [2.45, 2.75) is 19.1 Å². The summed E-state index contributed by atoms with van der Waals surface area (Å²) >= 11 is 0. The smallest absolute Gasteiger partial charge is 0.328 e. The van der Waals surface area contributed by atoms with Crippen LogP contribution in [0.3, 0.4) is 0 Å². The van der Waals surface area contributed by atoms with Crippen LogP contribution in [0.1, 0.15) is 11.1 Å². The Kier molecular flexibility index (Phi) is 7.65. The van der Waals surface area contributed by atoms with Gasteiger partial charge in [-0.2, -0.15) is 0 Å². The van der Waals surface area contributed by atoms with E-state index in [1.165, 1.54) is 0 Å². The number of fused-ring (bicyclic) bond motifs is 1. The normalized spacial score (nSPS) is 11.8. The zero-order chi connectivity index (χ0) is 27.2. The van der Waals surface area contributed by atoms with Crippen molar-refractivity contribution in [3.63, 3.8) is 0 Å². The Hall–Kier alpha value is -4.95. The number of phenolic OH excluding ortho intramolecular Hbond substituents is 1. The average molecular weight is 522 g/mol. The summed E-state index contributed by atoms with van der Waals surface area (Å²) in [5, 5.41) is 24.1. The molecule has 39 heavy (non-hydrogen) atoms. The summed E-state index contributed by atoms with van der Waals surface area (Å²) in [6.07, 6.45) is 3.47. The van der Waals surface area contributed by atoms with Crippen molar-refractivity contribution >= 4 is 22.8 Å². The number of para-hydroxylation sites is 1. The van der Waals surface area contributed by atoms with Gasteiger partial charge in [-0.1, -0.05) is 66.7 Å². The standard InChI is InChI=1S/C31H27N3O5/c35-29(34-28(31(37)38)19-39-18-21-5-2-1-3-6-21)15-20-9-11-22(12-10-20)24-7-4-8-25(30(24)36)26-16-23-13-14-32-17-27(23)33-26/h1-14,16-17,28,33,36H,15,18-19H2,(H,34,35)(H,37,38). The summed E-state index contributed by atoms with van der Waals surface area (Å²) in [6, 6.07) is 24.9. The van der Waals surface area contributed by atoms with Gasteiger partial charge >= 0.3 is 5.97 Å². The molecule has 0 radical (unpaired) electrons. The molecule has 0 fully saturated rings. The molecule has 5 rings (SSSR count). The Morgan fingerprint density at radius 1 is 0.923 bits per heavy atom. The number of aromatic hydroxyl groups is 1. The lowest BCUT2D eigenvalue weighted by Crippen LogP contribution is -2.44. The van der Waals surface area contributed by atoms with Crippen LogP contribution in [0.4, 0.5) is 0 Å². The van der Waals surface area contributed by atoms with E-state index in [-0.39, 0.29) is 25.4 Å². The number of nitrogens with zero attached hydrogens (tertiary/aromatic N) is 1.